The Hall–Kier alpha value is -1.63. The van der Waals surface area contributed by atoms with E-state index in [1.807, 2.05) is 0 Å². The molecule has 1 aromatic carbocycles. The second-order valence-corrected chi connectivity index (χ2v) is 7.95. The maximum absolute atomic E-state index is 12.6. The number of benzene rings is 1. The van der Waals surface area contributed by atoms with Crippen molar-refractivity contribution in [3.05, 3.63) is 34.9 Å². The highest BCUT2D eigenvalue weighted by Crippen LogP contribution is 2.29. The summed E-state index contributed by atoms with van der Waals surface area (Å²) in [6, 6.07) is 6.86. The van der Waals surface area contributed by atoms with Crippen LogP contribution in [-0.4, -0.2) is 64.8 Å². The Morgan fingerprint density at radius 1 is 1.23 bits per heavy atom. The van der Waals surface area contributed by atoms with Crippen LogP contribution in [0.1, 0.15) is 37.0 Å². The molecule has 2 aliphatic rings. The number of ether oxygens (including phenoxy) is 1. The van der Waals surface area contributed by atoms with Gasteiger partial charge in [-0.3, -0.25) is 9.69 Å². The van der Waals surface area contributed by atoms with Gasteiger partial charge in [0.25, 0.3) is 0 Å². The van der Waals surface area contributed by atoms with Crippen LogP contribution in [0.2, 0.25) is 5.02 Å². The average Bonchev–Trinajstić information content (AvgIpc) is 2.90. The summed E-state index contributed by atoms with van der Waals surface area (Å²) in [5.41, 5.74) is -0.0878. The van der Waals surface area contributed by atoms with Gasteiger partial charge in [-0.05, 0) is 64.0 Å². The number of hydrogen-bond donors (Lipinski definition) is 1. The van der Waals surface area contributed by atoms with E-state index in [4.69, 9.17) is 16.3 Å². The predicted molar refractivity (Wildman–Crippen MR) is 98.6 cm³/mol. The first kappa shape index (κ1) is 19.1. The van der Waals surface area contributed by atoms with E-state index in [0.717, 1.165) is 25.9 Å². The Labute approximate surface area is 158 Å². The van der Waals surface area contributed by atoms with Crippen LogP contribution >= 0.6 is 11.6 Å². The summed E-state index contributed by atoms with van der Waals surface area (Å²) in [5.74, 6) is 0.179. The van der Waals surface area contributed by atoms with Crippen molar-refractivity contribution in [1.82, 2.24) is 9.80 Å². The Morgan fingerprint density at radius 2 is 1.85 bits per heavy atom. The van der Waals surface area contributed by atoms with Crippen LogP contribution in [0, 0.1) is 5.92 Å². The van der Waals surface area contributed by atoms with Crippen LogP contribution in [0.5, 0.6) is 0 Å². The van der Waals surface area contributed by atoms with Crippen LogP contribution in [0.3, 0.4) is 0 Å². The third kappa shape index (κ3) is 4.03. The predicted octanol–water partition coefficient (Wildman–Crippen LogP) is 3.35. The molecular weight excluding hydrogens is 356 g/mol. The van der Waals surface area contributed by atoms with Crippen LogP contribution in [-0.2, 0) is 4.74 Å². The van der Waals surface area contributed by atoms with E-state index < -0.39 is 11.8 Å². The summed E-state index contributed by atoms with van der Waals surface area (Å²) in [5, 5.41) is 10.1. The molecular formula is C19H25ClN2O4. The molecule has 2 heterocycles. The monoisotopic (exact) mass is 380 g/mol. The lowest BCUT2D eigenvalue weighted by Crippen LogP contribution is -2.52. The molecule has 7 heteroatoms. The molecule has 1 atom stereocenters. The Kier molecular flexibility index (Phi) is 5.55. The van der Waals surface area contributed by atoms with Gasteiger partial charge in [0.1, 0.15) is 5.72 Å². The van der Waals surface area contributed by atoms with Crippen molar-refractivity contribution in [1.29, 1.82) is 0 Å². The van der Waals surface area contributed by atoms with Crippen molar-refractivity contribution in [3.63, 3.8) is 0 Å². The highest BCUT2D eigenvalue weighted by atomic mass is 35.5. The van der Waals surface area contributed by atoms with Gasteiger partial charge in [0.15, 0.2) is 5.78 Å². The fourth-order valence-electron chi connectivity index (χ4n) is 3.93. The molecule has 3 rings (SSSR count). The summed E-state index contributed by atoms with van der Waals surface area (Å²) >= 11 is 5.88. The lowest BCUT2D eigenvalue weighted by atomic mass is 9.89. The molecule has 6 nitrogen and oxygen atoms in total. The van der Waals surface area contributed by atoms with E-state index in [2.05, 4.69) is 4.90 Å². The Bertz CT molecular complexity index is 669. The number of nitrogens with zero attached hydrogens (tertiary/aromatic N) is 2. The number of carbonyl (C=O) groups excluding carboxylic acids is 1. The number of likely N-dealkylation sites (tertiary alicyclic amines) is 1. The zero-order valence-electron chi connectivity index (χ0n) is 15.2. The van der Waals surface area contributed by atoms with Gasteiger partial charge >= 0.3 is 6.09 Å². The molecule has 142 valence electrons. The van der Waals surface area contributed by atoms with Gasteiger partial charge in [0.2, 0.25) is 0 Å². The number of halogens is 1. The number of carboxylic acid groups (broad SMARTS) is 1. The normalized spacial score (nSPS) is 24.0. The van der Waals surface area contributed by atoms with Crippen molar-refractivity contribution in [2.24, 2.45) is 5.92 Å². The Balaban J connectivity index is 1.55. The molecule has 26 heavy (non-hydrogen) atoms. The van der Waals surface area contributed by atoms with Crippen molar-refractivity contribution in [2.75, 3.05) is 26.2 Å². The number of hydrogen-bond acceptors (Lipinski definition) is 4. The molecule has 2 aliphatic heterocycles. The minimum Gasteiger partial charge on any atom is -0.465 e. The van der Waals surface area contributed by atoms with Gasteiger partial charge in [-0.1, -0.05) is 11.6 Å². The molecule has 0 saturated carbocycles. The van der Waals surface area contributed by atoms with E-state index >= 15 is 0 Å². The summed E-state index contributed by atoms with van der Waals surface area (Å²) in [4.78, 5) is 27.8. The molecule has 0 radical (unpaired) electrons. The molecule has 0 aliphatic carbocycles. The van der Waals surface area contributed by atoms with Crippen LogP contribution < -0.4 is 0 Å². The summed E-state index contributed by atoms with van der Waals surface area (Å²) in [6.07, 6.45) is 0.613. The molecule has 0 aromatic heterocycles. The fraction of sp³-hybridized carbons (Fsp3) is 0.579. The maximum atomic E-state index is 12.6. The molecule has 0 bridgehead atoms. The average molecular weight is 381 g/mol. The number of ketones is 1. The van der Waals surface area contributed by atoms with Gasteiger partial charge < -0.3 is 14.7 Å². The summed E-state index contributed by atoms with van der Waals surface area (Å²) < 4.78 is 5.65. The van der Waals surface area contributed by atoms with E-state index in [-0.39, 0.29) is 17.7 Å². The van der Waals surface area contributed by atoms with Gasteiger partial charge in [0.05, 0.1) is 12.6 Å². The SMILES string of the molecule is CC1(C)OC[C@H](CN2CCC(C(=O)c3ccc(Cl)cc3)CC2)N1C(=O)O. The number of amides is 1. The molecule has 2 saturated heterocycles. The van der Waals surface area contributed by atoms with Crippen molar-refractivity contribution in [3.8, 4) is 0 Å². The molecule has 1 aromatic rings. The molecule has 1 amide bonds. The topological polar surface area (TPSA) is 70.1 Å². The summed E-state index contributed by atoms with van der Waals surface area (Å²) in [6.45, 7) is 6.17. The largest absolute Gasteiger partial charge is 0.465 e. The first-order valence-corrected chi connectivity index (χ1v) is 9.34. The highest BCUT2D eigenvalue weighted by molar-refractivity contribution is 6.30. The summed E-state index contributed by atoms with van der Waals surface area (Å²) in [7, 11) is 0. The number of piperidine rings is 1. The number of Topliss-reactive ketones (excluding diaryl/α,β-unsaturated/α-hetero) is 1. The molecule has 0 spiro atoms. The smallest absolute Gasteiger partial charge is 0.409 e. The molecule has 0 unspecified atom stereocenters. The first-order chi connectivity index (χ1) is 12.3. The van der Waals surface area contributed by atoms with Gasteiger partial charge in [-0.2, -0.15) is 0 Å². The number of rotatable bonds is 4. The maximum Gasteiger partial charge on any atom is 0.409 e. The van der Waals surface area contributed by atoms with Crippen LogP contribution in [0.15, 0.2) is 24.3 Å². The molecule has 2 fully saturated rings. The van der Waals surface area contributed by atoms with E-state index in [0.29, 0.717) is 23.7 Å². The van der Waals surface area contributed by atoms with E-state index in [1.165, 1.54) is 4.90 Å². The minimum absolute atomic E-state index is 0.0132. The van der Waals surface area contributed by atoms with Crippen LogP contribution in [0.25, 0.3) is 0 Å². The standard InChI is InChI=1S/C19H25ClN2O4/c1-19(2)22(18(24)25)16(12-26-19)11-21-9-7-14(8-10-21)17(23)13-3-5-15(20)6-4-13/h3-6,14,16H,7-12H2,1-2H3,(H,24,25)/t16-/m0/s1. The van der Waals surface area contributed by atoms with Crippen molar-refractivity contribution in [2.45, 2.75) is 38.5 Å². The van der Waals surface area contributed by atoms with E-state index in [9.17, 15) is 14.7 Å². The lowest BCUT2D eigenvalue weighted by Gasteiger charge is -2.36. The fourth-order valence-corrected chi connectivity index (χ4v) is 4.06. The highest BCUT2D eigenvalue weighted by Gasteiger charge is 2.44. The first-order valence-electron chi connectivity index (χ1n) is 8.96. The second kappa shape index (κ2) is 7.55. The zero-order chi connectivity index (χ0) is 18.9. The van der Waals surface area contributed by atoms with E-state index in [1.54, 1.807) is 38.1 Å². The number of carbonyl (C=O) groups is 2. The third-order valence-corrected chi connectivity index (χ3v) is 5.59. The van der Waals surface area contributed by atoms with Crippen molar-refractivity contribution >= 4 is 23.5 Å². The Morgan fingerprint density at radius 3 is 2.42 bits per heavy atom. The van der Waals surface area contributed by atoms with Crippen LogP contribution in [0.4, 0.5) is 4.79 Å². The third-order valence-electron chi connectivity index (χ3n) is 5.34. The van der Waals surface area contributed by atoms with Gasteiger partial charge in [-0.25, -0.2) is 4.79 Å². The van der Waals surface area contributed by atoms with Crippen molar-refractivity contribution < 1.29 is 19.4 Å². The molecule has 1 N–H and O–H groups in total. The second-order valence-electron chi connectivity index (χ2n) is 7.51. The minimum atomic E-state index is -0.953. The quantitative estimate of drug-likeness (QED) is 0.811. The zero-order valence-corrected chi connectivity index (χ0v) is 15.9. The lowest BCUT2D eigenvalue weighted by molar-refractivity contribution is -0.0428. The van der Waals surface area contributed by atoms with Gasteiger partial charge in [0, 0.05) is 23.0 Å². The van der Waals surface area contributed by atoms with Gasteiger partial charge in [-0.15, -0.1) is 0 Å².